The van der Waals surface area contributed by atoms with Gasteiger partial charge in [-0.05, 0) is 75.7 Å². The lowest BCUT2D eigenvalue weighted by atomic mass is 9.96. The van der Waals surface area contributed by atoms with Crippen molar-refractivity contribution in [1.29, 1.82) is 0 Å². The Bertz CT molecular complexity index is 470. The van der Waals surface area contributed by atoms with Crippen molar-refractivity contribution in [3.63, 3.8) is 0 Å². The van der Waals surface area contributed by atoms with Crippen LogP contribution >= 0.6 is 11.9 Å². The van der Waals surface area contributed by atoms with Crippen LogP contribution in [-0.2, 0) is 0 Å². The van der Waals surface area contributed by atoms with Gasteiger partial charge in [-0.1, -0.05) is 37.5 Å². The van der Waals surface area contributed by atoms with Gasteiger partial charge >= 0.3 is 0 Å². The molecule has 2 unspecified atom stereocenters. The maximum absolute atomic E-state index is 2.86. The third-order valence-electron chi connectivity index (χ3n) is 6.00. The van der Waals surface area contributed by atoms with Crippen LogP contribution in [-0.4, -0.2) is 40.4 Å². The molecule has 23 heavy (non-hydrogen) atoms. The Labute approximate surface area is 145 Å². The van der Waals surface area contributed by atoms with Crippen molar-refractivity contribution in [2.45, 2.75) is 80.8 Å². The summed E-state index contributed by atoms with van der Waals surface area (Å²) in [6.07, 6.45) is 12.8. The van der Waals surface area contributed by atoms with Gasteiger partial charge in [0.1, 0.15) is 0 Å². The molecule has 0 radical (unpaired) electrons. The number of fused-ring (bicyclic) bond motifs is 2. The molecule has 0 aliphatic carbocycles. The third-order valence-corrected chi connectivity index (χ3v) is 7.29. The highest BCUT2D eigenvalue weighted by Gasteiger charge is 2.42. The zero-order chi connectivity index (χ0) is 15.5. The Kier molecular flexibility index (Phi) is 5.27. The SMILES string of the molecule is c1ccc(SN2C3CCC2CC(N2CCCCCCC2)C3)cc1. The molecule has 0 amide bonds. The number of hydrogen-bond donors (Lipinski definition) is 0. The van der Waals surface area contributed by atoms with Crippen LogP contribution in [0.5, 0.6) is 0 Å². The highest BCUT2D eigenvalue weighted by Crippen LogP contribution is 2.44. The molecule has 2 atom stereocenters. The number of hydrogen-bond acceptors (Lipinski definition) is 3. The van der Waals surface area contributed by atoms with Gasteiger partial charge in [0.2, 0.25) is 0 Å². The lowest BCUT2D eigenvalue weighted by molar-refractivity contribution is 0.101. The predicted octanol–water partition coefficient (Wildman–Crippen LogP) is 4.96. The van der Waals surface area contributed by atoms with E-state index >= 15 is 0 Å². The Balaban J connectivity index is 1.39. The van der Waals surface area contributed by atoms with E-state index < -0.39 is 0 Å². The predicted molar refractivity (Wildman–Crippen MR) is 98.6 cm³/mol. The van der Waals surface area contributed by atoms with Gasteiger partial charge in [-0.15, -0.1) is 0 Å². The Morgan fingerprint density at radius 3 is 2.00 bits per heavy atom. The molecule has 3 heteroatoms. The van der Waals surface area contributed by atoms with Crippen LogP contribution in [0.25, 0.3) is 0 Å². The van der Waals surface area contributed by atoms with E-state index in [9.17, 15) is 0 Å². The summed E-state index contributed by atoms with van der Waals surface area (Å²) in [6.45, 7) is 2.71. The van der Waals surface area contributed by atoms with E-state index in [-0.39, 0.29) is 0 Å². The normalized spacial score (nSPS) is 33.3. The van der Waals surface area contributed by atoms with E-state index in [1.807, 2.05) is 11.9 Å². The number of benzene rings is 1. The Hall–Kier alpha value is -0.510. The zero-order valence-electron chi connectivity index (χ0n) is 14.2. The van der Waals surface area contributed by atoms with Gasteiger partial charge in [-0.3, -0.25) is 0 Å². The molecular weight excluding hydrogens is 300 g/mol. The summed E-state index contributed by atoms with van der Waals surface area (Å²) < 4.78 is 2.75. The van der Waals surface area contributed by atoms with Gasteiger partial charge in [0.25, 0.3) is 0 Å². The second-order valence-electron chi connectivity index (χ2n) is 7.58. The molecule has 3 heterocycles. The van der Waals surface area contributed by atoms with Crippen molar-refractivity contribution in [3.05, 3.63) is 30.3 Å². The quantitative estimate of drug-likeness (QED) is 0.724. The van der Waals surface area contributed by atoms with Crippen molar-refractivity contribution >= 4 is 11.9 Å². The van der Waals surface area contributed by atoms with E-state index in [4.69, 9.17) is 0 Å². The molecule has 2 nitrogen and oxygen atoms in total. The largest absolute Gasteiger partial charge is 0.300 e. The van der Waals surface area contributed by atoms with E-state index in [1.54, 1.807) is 0 Å². The zero-order valence-corrected chi connectivity index (χ0v) is 15.0. The van der Waals surface area contributed by atoms with E-state index in [0.29, 0.717) is 0 Å². The highest BCUT2D eigenvalue weighted by atomic mass is 32.2. The van der Waals surface area contributed by atoms with E-state index in [2.05, 4.69) is 39.5 Å². The monoisotopic (exact) mass is 330 g/mol. The molecule has 3 aliphatic rings. The first kappa shape index (κ1) is 16.0. The molecule has 3 saturated heterocycles. The van der Waals surface area contributed by atoms with Crippen molar-refractivity contribution in [2.75, 3.05) is 13.1 Å². The van der Waals surface area contributed by atoms with Gasteiger partial charge in [0, 0.05) is 23.0 Å². The maximum atomic E-state index is 2.86. The molecule has 126 valence electrons. The molecule has 3 fully saturated rings. The maximum Gasteiger partial charge on any atom is 0.0230 e. The fraction of sp³-hybridized carbons (Fsp3) is 0.700. The summed E-state index contributed by atoms with van der Waals surface area (Å²) >= 11 is 2.01. The molecule has 1 aromatic rings. The molecule has 0 saturated carbocycles. The average Bonchev–Trinajstić information content (AvgIpc) is 2.78. The minimum absolute atomic E-state index is 0.800. The first-order valence-electron chi connectivity index (χ1n) is 9.65. The summed E-state index contributed by atoms with van der Waals surface area (Å²) in [5, 5.41) is 0. The van der Waals surface area contributed by atoms with E-state index in [1.165, 1.54) is 75.8 Å². The van der Waals surface area contributed by atoms with Crippen molar-refractivity contribution in [1.82, 2.24) is 9.21 Å². The molecule has 0 N–H and O–H groups in total. The third kappa shape index (κ3) is 3.78. The molecule has 1 aromatic carbocycles. The van der Waals surface area contributed by atoms with Gasteiger partial charge in [-0.2, -0.15) is 0 Å². The Morgan fingerprint density at radius 2 is 1.35 bits per heavy atom. The summed E-state index contributed by atoms with van der Waals surface area (Å²) in [5.41, 5.74) is 0. The topological polar surface area (TPSA) is 6.48 Å². The minimum atomic E-state index is 0.800. The highest BCUT2D eigenvalue weighted by molar-refractivity contribution is 7.97. The van der Waals surface area contributed by atoms with Crippen LogP contribution < -0.4 is 0 Å². The van der Waals surface area contributed by atoms with E-state index in [0.717, 1.165) is 18.1 Å². The van der Waals surface area contributed by atoms with Crippen LogP contribution in [0.1, 0.15) is 57.8 Å². The van der Waals surface area contributed by atoms with Gasteiger partial charge in [-0.25, -0.2) is 4.31 Å². The van der Waals surface area contributed by atoms with Crippen molar-refractivity contribution in [2.24, 2.45) is 0 Å². The van der Waals surface area contributed by atoms with Crippen LogP contribution in [0.15, 0.2) is 35.2 Å². The summed E-state index contributed by atoms with van der Waals surface area (Å²) in [6, 6.07) is 13.4. The van der Waals surface area contributed by atoms with Crippen LogP contribution in [0.2, 0.25) is 0 Å². The molecule has 0 aromatic heterocycles. The van der Waals surface area contributed by atoms with Crippen LogP contribution in [0.4, 0.5) is 0 Å². The second kappa shape index (κ2) is 7.58. The van der Waals surface area contributed by atoms with Gasteiger partial charge in [0.05, 0.1) is 0 Å². The molecule has 3 aliphatic heterocycles. The van der Waals surface area contributed by atoms with Gasteiger partial charge < -0.3 is 4.90 Å². The van der Waals surface area contributed by atoms with Crippen molar-refractivity contribution < 1.29 is 0 Å². The summed E-state index contributed by atoms with van der Waals surface area (Å²) in [7, 11) is 0. The second-order valence-corrected chi connectivity index (χ2v) is 8.65. The summed E-state index contributed by atoms with van der Waals surface area (Å²) in [5.74, 6) is 0. The first-order chi connectivity index (χ1) is 11.4. The van der Waals surface area contributed by atoms with Crippen molar-refractivity contribution in [3.8, 4) is 0 Å². The number of piperidine rings is 1. The lowest BCUT2D eigenvalue weighted by Crippen LogP contribution is -2.48. The number of rotatable bonds is 3. The molecule has 0 spiro atoms. The fourth-order valence-electron chi connectivity index (χ4n) is 4.79. The molecule has 4 rings (SSSR count). The summed E-state index contributed by atoms with van der Waals surface area (Å²) in [4.78, 5) is 4.27. The Morgan fingerprint density at radius 1 is 0.739 bits per heavy atom. The standard InChI is InChI=1S/C20H30N2S/c1-2-7-13-21(14-8-3-1)19-15-17-11-12-18(16-19)22(17)23-20-9-5-4-6-10-20/h4-6,9-10,17-19H,1-3,7-8,11-16H2. The average molecular weight is 331 g/mol. The minimum Gasteiger partial charge on any atom is -0.300 e. The van der Waals surface area contributed by atoms with Crippen LogP contribution in [0.3, 0.4) is 0 Å². The van der Waals surface area contributed by atoms with Gasteiger partial charge in [0.15, 0.2) is 0 Å². The molecular formula is C20H30N2S. The lowest BCUT2D eigenvalue weighted by Gasteiger charge is -2.43. The van der Waals surface area contributed by atoms with Crippen LogP contribution in [0, 0.1) is 0 Å². The first-order valence-corrected chi connectivity index (χ1v) is 10.4. The molecule has 2 bridgehead atoms. The smallest absolute Gasteiger partial charge is 0.0230 e. The number of likely N-dealkylation sites (tertiary alicyclic amines) is 1. The fourth-order valence-corrected chi connectivity index (χ4v) is 6.00. The number of nitrogens with zero attached hydrogens (tertiary/aromatic N) is 2.